The van der Waals surface area contributed by atoms with Crippen molar-refractivity contribution in [2.45, 2.75) is 4.90 Å². The number of benzene rings is 1. The molecule has 4 heteroatoms. The van der Waals surface area contributed by atoms with Gasteiger partial charge in [0.05, 0.1) is 0 Å². The Balaban J connectivity index is 0. The molecule has 0 N–H and O–H groups in total. The fourth-order valence-electron chi connectivity index (χ4n) is 0.481. The van der Waals surface area contributed by atoms with Crippen LogP contribution in [0.25, 0.3) is 0 Å². The van der Waals surface area contributed by atoms with Gasteiger partial charge in [0.1, 0.15) is 11.6 Å². The maximum atomic E-state index is 12.3. The zero-order chi connectivity index (χ0) is 6.85. The summed E-state index contributed by atoms with van der Waals surface area (Å²) in [5.41, 5.74) is 0. The van der Waals surface area contributed by atoms with E-state index in [0.29, 0.717) is 0 Å². The Morgan fingerprint density at radius 2 is 1.90 bits per heavy atom. The van der Waals surface area contributed by atoms with Crippen LogP contribution >= 0.6 is 12.6 Å². The van der Waals surface area contributed by atoms with E-state index in [-0.39, 0.29) is 57.7 Å². The molecular formula is C6H5F2KS. The molecule has 0 saturated carbocycles. The van der Waals surface area contributed by atoms with Crippen LogP contribution in [0.3, 0.4) is 0 Å². The van der Waals surface area contributed by atoms with Crippen LogP contribution < -0.4 is 51.4 Å². The van der Waals surface area contributed by atoms with E-state index in [0.717, 1.165) is 12.1 Å². The summed E-state index contributed by atoms with van der Waals surface area (Å²) in [6, 6.07) is 3.22. The summed E-state index contributed by atoms with van der Waals surface area (Å²) in [7, 11) is 0. The van der Waals surface area contributed by atoms with E-state index in [1.807, 2.05) is 0 Å². The van der Waals surface area contributed by atoms with Gasteiger partial charge in [-0.25, -0.2) is 8.78 Å². The number of halogens is 2. The van der Waals surface area contributed by atoms with E-state index in [2.05, 4.69) is 12.6 Å². The van der Waals surface area contributed by atoms with Gasteiger partial charge in [-0.2, -0.15) is 0 Å². The molecule has 1 aromatic rings. The average Bonchev–Trinajstić information content (AvgIpc) is 1.80. The molecule has 0 aliphatic carbocycles. The zero-order valence-corrected chi connectivity index (χ0v) is 9.45. The first-order valence-electron chi connectivity index (χ1n) is 2.34. The first-order valence-corrected chi connectivity index (χ1v) is 2.79. The Morgan fingerprint density at radius 1 is 1.30 bits per heavy atom. The van der Waals surface area contributed by atoms with Crippen LogP contribution in [0.1, 0.15) is 1.43 Å². The number of thiol groups is 1. The third-order valence-electron chi connectivity index (χ3n) is 0.910. The van der Waals surface area contributed by atoms with Crippen molar-refractivity contribution in [1.29, 1.82) is 0 Å². The van der Waals surface area contributed by atoms with E-state index in [4.69, 9.17) is 0 Å². The minimum atomic E-state index is -0.627. The molecule has 0 radical (unpaired) electrons. The quantitative estimate of drug-likeness (QED) is 0.405. The van der Waals surface area contributed by atoms with Gasteiger partial charge in [0.25, 0.3) is 0 Å². The summed E-state index contributed by atoms with van der Waals surface area (Å²) in [5.74, 6) is -1.20. The van der Waals surface area contributed by atoms with Gasteiger partial charge in [0.2, 0.25) is 0 Å². The van der Waals surface area contributed by atoms with Gasteiger partial charge >= 0.3 is 51.4 Å². The minimum Gasteiger partial charge on any atom is -1.00 e. The van der Waals surface area contributed by atoms with Crippen LogP contribution in [0.2, 0.25) is 0 Å². The average molecular weight is 186 g/mol. The summed E-state index contributed by atoms with van der Waals surface area (Å²) >= 11 is 3.70. The van der Waals surface area contributed by atoms with Crippen molar-refractivity contribution in [3.05, 3.63) is 29.8 Å². The third kappa shape index (κ3) is 2.98. The molecule has 0 heterocycles. The summed E-state index contributed by atoms with van der Waals surface area (Å²) in [6.45, 7) is 0. The Kier molecular flexibility index (Phi) is 5.36. The maximum absolute atomic E-state index is 12.3. The largest absolute Gasteiger partial charge is 1.00 e. The predicted octanol–water partition coefficient (Wildman–Crippen LogP) is -0.630. The number of rotatable bonds is 0. The van der Waals surface area contributed by atoms with Gasteiger partial charge in [0, 0.05) is 11.0 Å². The molecule has 0 unspecified atom stereocenters. The van der Waals surface area contributed by atoms with Crippen LogP contribution in [0.15, 0.2) is 23.1 Å². The van der Waals surface area contributed by atoms with E-state index < -0.39 is 11.6 Å². The van der Waals surface area contributed by atoms with Crippen molar-refractivity contribution < 1.29 is 61.6 Å². The van der Waals surface area contributed by atoms with Crippen molar-refractivity contribution >= 4 is 12.6 Å². The number of hydrogen-bond acceptors (Lipinski definition) is 1. The predicted molar refractivity (Wildman–Crippen MR) is 34.7 cm³/mol. The molecule has 0 saturated heterocycles. The fraction of sp³-hybridized carbons (Fsp3) is 0. The molecule has 1 aromatic carbocycles. The second-order valence-corrected chi connectivity index (χ2v) is 2.08. The second kappa shape index (κ2) is 4.85. The maximum Gasteiger partial charge on any atom is 1.00 e. The van der Waals surface area contributed by atoms with Crippen molar-refractivity contribution in [3.8, 4) is 0 Å². The van der Waals surface area contributed by atoms with Gasteiger partial charge in [-0.05, 0) is 12.1 Å². The Morgan fingerprint density at radius 3 is 2.30 bits per heavy atom. The van der Waals surface area contributed by atoms with E-state index >= 15 is 0 Å². The minimum absolute atomic E-state index is 0. The fourth-order valence-corrected chi connectivity index (χ4v) is 0.620. The van der Waals surface area contributed by atoms with Crippen LogP contribution in [0, 0.1) is 11.6 Å². The molecule has 0 fully saturated rings. The van der Waals surface area contributed by atoms with Crippen LogP contribution in [0.4, 0.5) is 8.78 Å². The standard InChI is InChI=1S/C6H4F2S.K.H/c7-4-1-2-6(9)5(8)3-4;;/h1-3,9H;;/q;+1;-1. The Labute approximate surface area is 107 Å². The number of hydrogen-bond donors (Lipinski definition) is 1. The summed E-state index contributed by atoms with van der Waals surface area (Å²) in [4.78, 5) is 0.163. The van der Waals surface area contributed by atoms with Crippen molar-refractivity contribution in [2.24, 2.45) is 0 Å². The molecule has 0 aliphatic heterocycles. The van der Waals surface area contributed by atoms with Gasteiger partial charge in [-0.15, -0.1) is 12.6 Å². The van der Waals surface area contributed by atoms with Gasteiger partial charge < -0.3 is 1.43 Å². The molecule has 0 atom stereocenters. The van der Waals surface area contributed by atoms with E-state index in [1.165, 1.54) is 6.07 Å². The Hall–Kier alpha value is 1.07. The van der Waals surface area contributed by atoms with Crippen molar-refractivity contribution in [3.63, 3.8) is 0 Å². The summed E-state index contributed by atoms with van der Waals surface area (Å²) in [6.07, 6.45) is 0. The molecule has 0 spiro atoms. The second-order valence-electron chi connectivity index (χ2n) is 1.60. The van der Waals surface area contributed by atoms with Gasteiger partial charge in [-0.1, -0.05) is 0 Å². The molecule has 0 bridgehead atoms. The van der Waals surface area contributed by atoms with Crippen LogP contribution in [0.5, 0.6) is 0 Å². The molecule has 0 aromatic heterocycles. The summed E-state index contributed by atoms with van der Waals surface area (Å²) < 4.78 is 24.3. The molecule has 1 rings (SSSR count). The SMILES string of the molecule is Fc1ccc(S)c(F)c1.[H-].[K+]. The van der Waals surface area contributed by atoms with Crippen molar-refractivity contribution in [2.75, 3.05) is 0 Å². The van der Waals surface area contributed by atoms with Crippen LogP contribution in [-0.4, -0.2) is 0 Å². The Bertz CT molecular complexity index is 232. The van der Waals surface area contributed by atoms with E-state index in [1.54, 1.807) is 0 Å². The molecule has 0 nitrogen and oxygen atoms in total. The van der Waals surface area contributed by atoms with Gasteiger partial charge in [-0.3, -0.25) is 0 Å². The summed E-state index contributed by atoms with van der Waals surface area (Å²) in [5, 5.41) is 0. The molecule has 0 aliphatic rings. The smallest absolute Gasteiger partial charge is 1.00 e. The first-order chi connectivity index (χ1) is 4.20. The van der Waals surface area contributed by atoms with Crippen LogP contribution in [-0.2, 0) is 0 Å². The van der Waals surface area contributed by atoms with E-state index in [9.17, 15) is 8.78 Å². The normalized spacial score (nSPS) is 8.70. The third-order valence-corrected chi connectivity index (χ3v) is 1.27. The topological polar surface area (TPSA) is 0 Å². The monoisotopic (exact) mass is 186 g/mol. The molecular weight excluding hydrogens is 181 g/mol. The van der Waals surface area contributed by atoms with Gasteiger partial charge in [0.15, 0.2) is 0 Å². The zero-order valence-electron chi connectivity index (χ0n) is 6.44. The van der Waals surface area contributed by atoms with Crippen molar-refractivity contribution in [1.82, 2.24) is 0 Å². The molecule has 0 amide bonds. The molecule has 10 heavy (non-hydrogen) atoms. The first kappa shape index (κ1) is 11.1. The molecule has 50 valence electrons.